The predicted octanol–water partition coefficient (Wildman–Crippen LogP) is 3.61. The Labute approximate surface area is 136 Å². The van der Waals surface area contributed by atoms with Gasteiger partial charge >= 0.3 is 0 Å². The zero-order chi connectivity index (χ0) is 15.8. The van der Waals surface area contributed by atoms with Crippen LogP contribution in [0.3, 0.4) is 0 Å². The van der Waals surface area contributed by atoms with Crippen LogP contribution in [0.2, 0.25) is 0 Å². The lowest BCUT2D eigenvalue weighted by Crippen LogP contribution is -2.28. The Morgan fingerprint density at radius 1 is 1.26 bits per heavy atom. The van der Waals surface area contributed by atoms with E-state index in [-0.39, 0.29) is 11.8 Å². The van der Waals surface area contributed by atoms with Crippen LogP contribution in [0.4, 0.5) is 5.82 Å². The van der Waals surface area contributed by atoms with Crippen molar-refractivity contribution in [3.63, 3.8) is 0 Å². The lowest BCUT2D eigenvalue weighted by atomic mass is 9.88. The van der Waals surface area contributed by atoms with Gasteiger partial charge < -0.3 is 5.32 Å². The van der Waals surface area contributed by atoms with Gasteiger partial charge in [-0.3, -0.25) is 4.79 Å². The first-order valence-corrected chi connectivity index (χ1v) is 8.58. The highest BCUT2D eigenvalue weighted by molar-refractivity contribution is 5.92. The third kappa shape index (κ3) is 2.90. The van der Waals surface area contributed by atoms with Crippen LogP contribution >= 0.6 is 0 Å². The van der Waals surface area contributed by atoms with Crippen LogP contribution in [-0.4, -0.2) is 15.7 Å². The van der Waals surface area contributed by atoms with E-state index >= 15 is 0 Å². The summed E-state index contributed by atoms with van der Waals surface area (Å²) < 4.78 is 1.90. The molecule has 2 fully saturated rings. The summed E-state index contributed by atoms with van der Waals surface area (Å²) in [6.07, 6.45) is 4.87. The van der Waals surface area contributed by atoms with Crippen molar-refractivity contribution in [2.45, 2.75) is 39.2 Å². The van der Waals surface area contributed by atoms with Crippen LogP contribution in [0.15, 0.2) is 36.4 Å². The minimum absolute atomic E-state index is 0.186. The largest absolute Gasteiger partial charge is 0.311 e. The summed E-state index contributed by atoms with van der Waals surface area (Å²) in [6, 6.07) is 12.2. The minimum atomic E-state index is 0.186. The molecular weight excluding hydrogens is 286 g/mol. The van der Waals surface area contributed by atoms with E-state index in [1.54, 1.807) is 0 Å². The Bertz CT molecular complexity index is 707. The molecule has 4 heteroatoms. The maximum atomic E-state index is 12.7. The second kappa shape index (κ2) is 5.84. The number of rotatable bonds is 4. The van der Waals surface area contributed by atoms with Crippen molar-refractivity contribution in [2.24, 2.45) is 17.8 Å². The van der Waals surface area contributed by atoms with Gasteiger partial charge in [0, 0.05) is 12.0 Å². The summed E-state index contributed by atoms with van der Waals surface area (Å²) >= 11 is 0. The zero-order valence-electron chi connectivity index (χ0n) is 13.5. The summed E-state index contributed by atoms with van der Waals surface area (Å²) in [7, 11) is 0. The van der Waals surface area contributed by atoms with E-state index in [4.69, 9.17) is 0 Å². The molecule has 2 aromatic rings. The van der Waals surface area contributed by atoms with Crippen LogP contribution < -0.4 is 5.32 Å². The van der Waals surface area contributed by atoms with E-state index < -0.39 is 0 Å². The quantitative estimate of drug-likeness (QED) is 0.937. The number of nitrogens with zero attached hydrogens (tertiary/aromatic N) is 2. The van der Waals surface area contributed by atoms with Crippen molar-refractivity contribution >= 4 is 11.7 Å². The van der Waals surface area contributed by atoms with E-state index in [1.165, 1.54) is 24.8 Å². The summed E-state index contributed by atoms with van der Waals surface area (Å²) in [6.45, 7) is 2.65. The summed E-state index contributed by atoms with van der Waals surface area (Å²) in [4.78, 5) is 12.7. The Kier molecular flexibility index (Phi) is 3.68. The van der Waals surface area contributed by atoms with Crippen molar-refractivity contribution in [3.05, 3.63) is 47.7 Å². The SMILES string of the molecule is Cc1cc(NC(=O)C2CC3CCC2C3)n(Cc2ccccc2)n1. The molecule has 23 heavy (non-hydrogen) atoms. The molecule has 1 amide bonds. The first-order valence-electron chi connectivity index (χ1n) is 8.58. The number of amides is 1. The number of fused-ring (bicyclic) bond motifs is 2. The van der Waals surface area contributed by atoms with Crippen molar-refractivity contribution < 1.29 is 4.79 Å². The molecular formula is C19H23N3O. The molecule has 1 heterocycles. The number of aryl methyl sites for hydroxylation is 1. The summed E-state index contributed by atoms with van der Waals surface area (Å²) in [5.74, 6) is 2.60. The number of nitrogens with one attached hydrogen (secondary N) is 1. The molecule has 120 valence electrons. The minimum Gasteiger partial charge on any atom is -0.311 e. The highest BCUT2D eigenvalue weighted by Gasteiger charge is 2.43. The molecule has 4 nitrogen and oxygen atoms in total. The molecule has 0 spiro atoms. The maximum absolute atomic E-state index is 12.7. The van der Waals surface area contributed by atoms with E-state index in [1.807, 2.05) is 35.9 Å². The fraction of sp³-hybridized carbons (Fsp3) is 0.474. The average molecular weight is 309 g/mol. The number of carbonyl (C=O) groups excluding carboxylic acids is 1. The molecule has 1 aromatic carbocycles. The highest BCUT2D eigenvalue weighted by Crippen LogP contribution is 2.48. The lowest BCUT2D eigenvalue weighted by molar-refractivity contribution is -0.121. The van der Waals surface area contributed by atoms with Crippen molar-refractivity contribution in [1.29, 1.82) is 0 Å². The van der Waals surface area contributed by atoms with Crippen molar-refractivity contribution in [2.75, 3.05) is 5.32 Å². The van der Waals surface area contributed by atoms with Crippen LogP contribution in [0.5, 0.6) is 0 Å². The fourth-order valence-electron chi connectivity index (χ4n) is 4.31. The van der Waals surface area contributed by atoms with Crippen LogP contribution in [0, 0.1) is 24.7 Å². The molecule has 0 saturated heterocycles. The van der Waals surface area contributed by atoms with Gasteiger partial charge in [0.1, 0.15) is 5.82 Å². The average Bonchev–Trinajstić information content (AvgIpc) is 3.25. The van der Waals surface area contributed by atoms with Gasteiger partial charge in [-0.1, -0.05) is 36.8 Å². The number of hydrogen-bond donors (Lipinski definition) is 1. The maximum Gasteiger partial charge on any atom is 0.228 e. The van der Waals surface area contributed by atoms with Crippen LogP contribution in [-0.2, 0) is 11.3 Å². The monoisotopic (exact) mass is 309 g/mol. The van der Waals surface area contributed by atoms with Gasteiger partial charge in [0.2, 0.25) is 5.91 Å². The lowest BCUT2D eigenvalue weighted by Gasteiger charge is -2.21. The normalized spacial score (nSPS) is 25.7. The Morgan fingerprint density at radius 3 is 2.78 bits per heavy atom. The van der Waals surface area contributed by atoms with Gasteiger partial charge in [-0.25, -0.2) is 4.68 Å². The third-order valence-electron chi connectivity index (χ3n) is 5.40. The van der Waals surface area contributed by atoms with Crippen molar-refractivity contribution in [1.82, 2.24) is 9.78 Å². The van der Waals surface area contributed by atoms with E-state index in [0.717, 1.165) is 23.9 Å². The fourth-order valence-corrected chi connectivity index (χ4v) is 4.31. The molecule has 2 aliphatic rings. The first kappa shape index (κ1) is 14.5. The topological polar surface area (TPSA) is 46.9 Å². The molecule has 0 aliphatic heterocycles. The number of anilines is 1. The zero-order valence-corrected chi connectivity index (χ0v) is 13.5. The molecule has 2 aliphatic carbocycles. The number of carbonyl (C=O) groups is 1. The third-order valence-corrected chi connectivity index (χ3v) is 5.40. The van der Waals surface area contributed by atoms with Gasteiger partial charge in [0.25, 0.3) is 0 Å². The number of aromatic nitrogens is 2. The van der Waals surface area contributed by atoms with Gasteiger partial charge in [-0.05, 0) is 43.6 Å². The Hall–Kier alpha value is -2.10. The van der Waals surface area contributed by atoms with Crippen molar-refractivity contribution in [3.8, 4) is 0 Å². The van der Waals surface area contributed by atoms with E-state index in [9.17, 15) is 4.79 Å². The Morgan fingerprint density at radius 2 is 2.09 bits per heavy atom. The van der Waals surface area contributed by atoms with Crippen LogP contribution in [0.1, 0.15) is 36.9 Å². The molecule has 4 rings (SSSR count). The first-order chi connectivity index (χ1) is 11.2. The Balaban J connectivity index is 1.49. The smallest absolute Gasteiger partial charge is 0.228 e. The highest BCUT2D eigenvalue weighted by atomic mass is 16.2. The molecule has 3 atom stereocenters. The second-order valence-corrected chi connectivity index (χ2v) is 7.08. The second-order valence-electron chi connectivity index (χ2n) is 7.08. The molecule has 0 radical (unpaired) electrons. The molecule has 2 bridgehead atoms. The molecule has 3 unspecified atom stereocenters. The van der Waals surface area contributed by atoms with E-state index in [2.05, 4.69) is 22.5 Å². The predicted molar refractivity (Wildman–Crippen MR) is 90.1 cm³/mol. The van der Waals surface area contributed by atoms with Gasteiger partial charge in [0.05, 0.1) is 12.2 Å². The number of hydrogen-bond acceptors (Lipinski definition) is 2. The summed E-state index contributed by atoms with van der Waals surface area (Å²) in [5.41, 5.74) is 2.12. The van der Waals surface area contributed by atoms with Gasteiger partial charge in [-0.15, -0.1) is 0 Å². The molecule has 2 saturated carbocycles. The standard InChI is InChI=1S/C19H23N3O/c1-13-9-18(22(21-13)12-14-5-3-2-4-6-14)20-19(23)17-11-15-7-8-16(17)10-15/h2-6,9,15-17H,7-8,10-12H2,1H3,(H,20,23). The summed E-state index contributed by atoms with van der Waals surface area (Å²) in [5, 5.41) is 7.68. The molecule has 1 aromatic heterocycles. The van der Waals surface area contributed by atoms with E-state index in [0.29, 0.717) is 12.5 Å². The van der Waals surface area contributed by atoms with Gasteiger partial charge in [-0.2, -0.15) is 5.10 Å². The van der Waals surface area contributed by atoms with Gasteiger partial charge in [0.15, 0.2) is 0 Å². The molecule has 1 N–H and O–H groups in total. The van der Waals surface area contributed by atoms with Crippen LogP contribution in [0.25, 0.3) is 0 Å². The number of benzene rings is 1.